The van der Waals surface area contributed by atoms with Gasteiger partial charge < -0.3 is 4.74 Å². The van der Waals surface area contributed by atoms with E-state index in [0.29, 0.717) is 22.4 Å². The van der Waals surface area contributed by atoms with Crippen molar-refractivity contribution in [1.82, 2.24) is 9.97 Å². The molecular weight excluding hydrogens is 371 g/mol. The molecule has 3 rings (SSSR count). The number of aromatic nitrogens is 2. The summed E-state index contributed by atoms with van der Waals surface area (Å²) in [5, 5.41) is 0. The van der Waals surface area contributed by atoms with E-state index in [1.807, 2.05) is 0 Å². The summed E-state index contributed by atoms with van der Waals surface area (Å²) in [6, 6.07) is 4.21. The summed E-state index contributed by atoms with van der Waals surface area (Å²) in [6.45, 7) is 2.38. The minimum absolute atomic E-state index is 0.0103. The third-order valence-corrected chi connectivity index (χ3v) is 3.96. The summed E-state index contributed by atoms with van der Waals surface area (Å²) < 4.78 is 71.3. The van der Waals surface area contributed by atoms with Crippen molar-refractivity contribution in [2.24, 2.45) is 0 Å². The molecule has 0 spiro atoms. The number of nitrogens with zero attached hydrogens (tertiary/aromatic N) is 2. The molecule has 0 atom stereocenters. The van der Waals surface area contributed by atoms with Crippen LogP contribution in [0.25, 0.3) is 11.0 Å². The highest BCUT2D eigenvalue weighted by molar-refractivity contribution is 5.93. The Morgan fingerprint density at radius 3 is 1.96 bits per heavy atom. The van der Waals surface area contributed by atoms with Gasteiger partial charge in [-0.3, -0.25) is 0 Å². The number of aryl methyl sites for hydroxylation is 2. The summed E-state index contributed by atoms with van der Waals surface area (Å²) in [7, 11) is 0. The van der Waals surface area contributed by atoms with E-state index in [1.165, 1.54) is 18.2 Å². The van der Waals surface area contributed by atoms with Crippen LogP contribution in [-0.4, -0.2) is 15.9 Å². The van der Waals surface area contributed by atoms with Crippen LogP contribution in [0.2, 0.25) is 0 Å². The highest BCUT2D eigenvalue weighted by atomic mass is 19.2. The molecule has 0 aliphatic rings. The van der Waals surface area contributed by atoms with Crippen molar-refractivity contribution < 1.29 is 31.5 Å². The van der Waals surface area contributed by atoms with Crippen LogP contribution >= 0.6 is 0 Å². The Hall–Kier alpha value is -3.10. The summed E-state index contributed by atoms with van der Waals surface area (Å²) in [5.41, 5.74) is 1.03. The van der Waals surface area contributed by atoms with Gasteiger partial charge in [-0.15, -0.1) is 0 Å². The number of esters is 1. The Bertz CT molecular complexity index is 1060. The normalized spacial score (nSPS) is 11.1. The zero-order chi connectivity index (χ0) is 19.9. The molecule has 0 N–H and O–H groups in total. The molecule has 1 aromatic heterocycles. The molecule has 4 nitrogen and oxygen atoms in total. The molecule has 9 heteroatoms. The molecule has 0 unspecified atom stereocenters. The Morgan fingerprint density at radius 2 is 1.37 bits per heavy atom. The van der Waals surface area contributed by atoms with Crippen molar-refractivity contribution >= 4 is 17.0 Å². The molecule has 0 radical (unpaired) electrons. The van der Waals surface area contributed by atoms with Crippen LogP contribution in [0.15, 0.2) is 18.2 Å². The van der Waals surface area contributed by atoms with Crippen molar-refractivity contribution in [3.05, 3.63) is 69.8 Å². The smallest absolute Gasteiger partial charge is 0.338 e. The first kappa shape index (κ1) is 18.7. The molecule has 27 heavy (non-hydrogen) atoms. The quantitative estimate of drug-likeness (QED) is 0.293. The highest BCUT2D eigenvalue weighted by Gasteiger charge is 2.26. The number of hydrogen-bond acceptors (Lipinski definition) is 4. The lowest BCUT2D eigenvalue weighted by molar-refractivity contribution is 0.0462. The first-order chi connectivity index (χ1) is 12.7. The second-order valence-electron chi connectivity index (χ2n) is 5.72. The Labute approximate surface area is 149 Å². The third kappa shape index (κ3) is 3.32. The molecule has 0 saturated heterocycles. The zero-order valence-electron chi connectivity index (χ0n) is 14.0. The highest BCUT2D eigenvalue weighted by Crippen LogP contribution is 2.24. The Kier molecular flexibility index (Phi) is 4.77. The summed E-state index contributed by atoms with van der Waals surface area (Å²) in [4.78, 5) is 20.7. The number of benzene rings is 2. The van der Waals surface area contributed by atoms with Crippen LogP contribution in [0, 0.1) is 42.9 Å². The maximum atomic E-state index is 13.6. The summed E-state index contributed by atoms with van der Waals surface area (Å²) in [6.07, 6.45) is 0. The molecule has 0 aliphatic heterocycles. The average molecular weight is 382 g/mol. The lowest BCUT2D eigenvalue weighted by Crippen LogP contribution is -2.12. The van der Waals surface area contributed by atoms with E-state index in [9.17, 15) is 26.7 Å². The standard InChI is InChI=1S/C18H11F5N2O2/c1-7-8(2)25-12-5-9(3-4-11(12)24-7)18(26)27-6-10-13(19)15(21)17(23)16(22)14(10)20/h3-5H,6H2,1-2H3. The second kappa shape index (κ2) is 6.90. The van der Waals surface area contributed by atoms with Gasteiger partial charge in [0.25, 0.3) is 0 Å². The van der Waals surface area contributed by atoms with E-state index in [-0.39, 0.29) is 5.56 Å². The van der Waals surface area contributed by atoms with Crippen molar-refractivity contribution in [2.45, 2.75) is 20.5 Å². The van der Waals surface area contributed by atoms with E-state index in [1.54, 1.807) is 13.8 Å². The second-order valence-corrected chi connectivity index (χ2v) is 5.72. The first-order valence-corrected chi connectivity index (χ1v) is 7.63. The van der Waals surface area contributed by atoms with E-state index in [2.05, 4.69) is 9.97 Å². The van der Waals surface area contributed by atoms with Crippen molar-refractivity contribution in [3.63, 3.8) is 0 Å². The number of halogens is 5. The molecular formula is C18H11F5N2O2. The first-order valence-electron chi connectivity index (χ1n) is 7.63. The fraction of sp³-hybridized carbons (Fsp3) is 0.167. The molecule has 0 fully saturated rings. The molecule has 0 aliphatic carbocycles. The van der Waals surface area contributed by atoms with Crippen LogP contribution < -0.4 is 0 Å². The van der Waals surface area contributed by atoms with Gasteiger partial charge in [0, 0.05) is 0 Å². The van der Waals surface area contributed by atoms with E-state index >= 15 is 0 Å². The summed E-state index contributed by atoms with van der Waals surface area (Å²) >= 11 is 0. The predicted octanol–water partition coefficient (Wildman–Crippen LogP) is 4.30. The fourth-order valence-electron chi connectivity index (χ4n) is 2.36. The number of ether oxygens (including phenoxy) is 1. The van der Waals surface area contributed by atoms with Crippen LogP contribution in [0.4, 0.5) is 22.0 Å². The minimum Gasteiger partial charge on any atom is -0.457 e. The summed E-state index contributed by atoms with van der Waals surface area (Å²) in [5.74, 6) is -11.6. The van der Waals surface area contributed by atoms with E-state index in [0.717, 1.165) is 0 Å². The molecule has 0 bridgehead atoms. The lowest BCUT2D eigenvalue weighted by Gasteiger charge is -2.10. The molecule has 0 saturated carbocycles. The number of carbonyl (C=O) groups excluding carboxylic acids is 1. The Balaban J connectivity index is 1.87. The van der Waals surface area contributed by atoms with Crippen LogP contribution in [-0.2, 0) is 11.3 Å². The maximum Gasteiger partial charge on any atom is 0.338 e. The topological polar surface area (TPSA) is 52.1 Å². The van der Waals surface area contributed by atoms with Gasteiger partial charge >= 0.3 is 5.97 Å². The fourth-order valence-corrected chi connectivity index (χ4v) is 2.36. The van der Waals surface area contributed by atoms with Gasteiger partial charge in [-0.25, -0.2) is 36.7 Å². The number of hydrogen-bond donors (Lipinski definition) is 0. The Morgan fingerprint density at radius 1 is 0.852 bits per heavy atom. The number of rotatable bonds is 3. The van der Waals surface area contributed by atoms with Crippen LogP contribution in [0.5, 0.6) is 0 Å². The van der Waals surface area contributed by atoms with Gasteiger partial charge in [0.1, 0.15) is 6.61 Å². The van der Waals surface area contributed by atoms with Crippen molar-refractivity contribution in [2.75, 3.05) is 0 Å². The van der Waals surface area contributed by atoms with Gasteiger partial charge in [0.05, 0.1) is 33.5 Å². The zero-order valence-corrected chi connectivity index (χ0v) is 14.0. The minimum atomic E-state index is -2.28. The van der Waals surface area contributed by atoms with E-state index in [4.69, 9.17) is 4.74 Å². The molecule has 2 aromatic carbocycles. The maximum absolute atomic E-state index is 13.6. The molecule has 1 heterocycles. The van der Waals surface area contributed by atoms with E-state index < -0.39 is 47.2 Å². The SMILES string of the molecule is Cc1nc2ccc(C(=O)OCc3c(F)c(F)c(F)c(F)c3F)cc2nc1C. The van der Waals surface area contributed by atoms with Crippen molar-refractivity contribution in [1.29, 1.82) is 0 Å². The van der Waals surface area contributed by atoms with Crippen molar-refractivity contribution in [3.8, 4) is 0 Å². The van der Waals surface area contributed by atoms with Gasteiger partial charge in [0.2, 0.25) is 5.82 Å². The largest absolute Gasteiger partial charge is 0.457 e. The predicted molar refractivity (Wildman–Crippen MR) is 84.4 cm³/mol. The van der Waals surface area contributed by atoms with Gasteiger partial charge in [-0.05, 0) is 32.0 Å². The van der Waals surface area contributed by atoms with Gasteiger partial charge in [-0.1, -0.05) is 0 Å². The number of fused-ring (bicyclic) bond motifs is 1. The van der Waals surface area contributed by atoms with Crippen LogP contribution in [0.1, 0.15) is 27.3 Å². The van der Waals surface area contributed by atoms with Crippen LogP contribution in [0.3, 0.4) is 0 Å². The monoisotopic (exact) mass is 382 g/mol. The van der Waals surface area contributed by atoms with Gasteiger partial charge in [0.15, 0.2) is 23.3 Å². The molecule has 140 valence electrons. The molecule has 0 amide bonds. The number of carbonyl (C=O) groups is 1. The van der Waals surface area contributed by atoms with Gasteiger partial charge in [-0.2, -0.15) is 0 Å². The lowest BCUT2D eigenvalue weighted by atomic mass is 10.1. The third-order valence-electron chi connectivity index (χ3n) is 3.96. The average Bonchev–Trinajstić information content (AvgIpc) is 2.65. The molecule has 3 aromatic rings.